The van der Waals surface area contributed by atoms with Crippen molar-refractivity contribution in [1.29, 1.82) is 0 Å². The maximum absolute atomic E-state index is 12.7. The molecule has 2 saturated heterocycles. The number of nitrogens with two attached hydrogens (primary N) is 1. The Bertz CT molecular complexity index is 1350. The lowest BCUT2D eigenvalue weighted by atomic mass is 9.91. The minimum Gasteiger partial charge on any atom is -0.480 e. The SMILES string of the molecule is CC(=O)N[C@@H]1[C@H](O[C@@H]([C@H](NC(C)=O)[C@@H](NC(C)=O)C(=O)O)[C@H](O)C(=O)O)O[C@H](C(=O)O)[C@@H](O[C@H]2O[C@H](C)[C@@H](N)[C@H](O)[C@H]2NC(C)=O)[C@@H]1NC(C)=O. The highest BCUT2D eigenvalue weighted by atomic mass is 16.7. The molecule has 0 aliphatic carbocycles. The van der Waals surface area contributed by atoms with Gasteiger partial charge in [-0.25, -0.2) is 14.4 Å². The molecule has 0 unspecified atom stereocenters. The predicted molar refractivity (Wildman–Crippen MR) is 164 cm³/mol. The predicted octanol–water partition coefficient (Wildman–Crippen LogP) is -5.95. The number of rotatable bonds is 15. The van der Waals surface area contributed by atoms with E-state index in [0.29, 0.717) is 0 Å². The third-order valence-electron chi connectivity index (χ3n) is 7.77. The molecule has 2 rings (SSSR count). The first-order valence-electron chi connectivity index (χ1n) is 15.3. The average molecular weight is 737 g/mol. The number of nitrogens with one attached hydrogen (secondary N) is 5. The Kier molecular flexibility index (Phi) is 15.1. The van der Waals surface area contributed by atoms with E-state index in [2.05, 4.69) is 21.3 Å². The fourth-order valence-corrected chi connectivity index (χ4v) is 5.63. The first-order chi connectivity index (χ1) is 23.6. The third kappa shape index (κ3) is 11.2. The molecule has 0 radical (unpaired) electrons. The Balaban J connectivity index is 2.77. The molecule has 12 N–H and O–H groups in total. The first kappa shape index (κ1) is 42.6. The lowest BCUT2D eigenvalue weighted by Gasteiger charge is -2.49. The number of amides is 5. The largest absolute Gasteiger partial charge is 0.480 e. The van der Waals surface area contributed by atoms with Crippen LogP contribution in [0, 0.1) is 0 Å². The average Bonchev–Trinajstić information content (AvgIpc) is 2.99. The molecule has 2 fully saturated rings. The van der Waals surface area contributed by atoms with Gasteiger partial charge in [0, 0.05) is 34.6 Å². The van der Waals surface area contributed by atoms with E-state index >= 15 is 0 Å². The van der Waals surface area contributed by atoms with Gasteiger partial charge < -0.3 is 76.8 Å². The van der Waals surface area contributed by atoms with E-state index in [-0.39, 0.29) is 0 Å². The van der Waals surface area contributed by atoms with Crippen molar-refractivity contribution in [3.8, 4) is 0 Å². The van der Waals surface area contributed by atoms with E-state index in [1.807, 2.05) is 5.32 Å². The van der Waals surface area contributed by atoms with Crippen molar-refractivity contribution in [2.75, 3.05) is 0 Å². The molecule has 2 heterocycles. The molecule has 23 heteroatoms. The van der Waals surface area contributed by atoms with E-state index in [4.69, 9.17) is 24.7 Å². The van der Waals surface area contributed by atoms with E-state index in [0.717, 1.165) is 34.6 Å². The number of hydrogen-bond acceptors (Lipinski definition) is 15. The zero-order valence-electron chi connectivity index (χ0n) is 28.3. The summed E-state index contributed by atoms with van der Waals surface area (Å²) in [5.74, 6) is -10.0. The molecule has 0 aromatic carbocycles. The van der Waals surface area contributed by atoms with Crippen LogP contribution in [0.4, 0.5) is 0 Å². The molecule has 0 saturated carbocycles. The Morgan fingerprint density at radius 1 is 0.706 bits per heavy atom. The van der Waals surface area contributed by atoms with Crippen molar-refractivity contribution in [3.05, 3.63) is 0 Å². The topological polar surface area (TPSA) is 361 Å². The molecule has 14 atom stereocenters. The maximum atomic E-state index is 12.7. The van der Waals surface area contributed by atoms with Crippen molar-refractivity contribution in [3.63, 3.8) is 0 Å². The van der Waals surface area contributed by atoms with Crippen LogP contribution in [-0.4, -0.2) is 158 Å². The molecule has 0 aromatic heterocycles. The van der Waals surface area contributed by atoms with Crippen molar-refractivity contribution >= 4 is 47.4 Å². The van der Waals surface area contributed by atoms with Crippen LogP contribution in [0.3, 0.4) is 0 Å². The standard InChI is InChI=1S/C28H44N6O17/c1-7-13(29)19(40)18(34-12(6)39)28(48-7)50-22-15(31-9(3)36)17(33-11(5)38)27(51-23(22)26(46)47)49-21(20(41)25(44)45)14(30-8(2)35)16(24(42)43)32-10(4)37/h7,13-23,27-28,40-41H,29H2,1-6H3,(H,30,35)(H,31,36)(H,32,37)(H,33,38)(H,34,39)(H,42,43)(H,44,45)(H,46,47)/t7-,13-,14-,15-,16-,17+,18-,19+,20+,21+,22+,23+,27-,28-/m1/s1. The van der Waals surface area contributed by atoms with Gasteiger partial charge in [-0.05, 0) is 6.92 Å². The summed E-state index contributed by atoms with van der Waals surface area (Å²) in [7, 11) is 0. The van der Waals surface area contributed by atoms with Gasteiger partial charge in [-0.2, -0.15) is 0 Å². The van der Waals surface area contributed by atoms with E-state index in [9.17, 15) is 63.9 Å². The van der Waals surface area contributed by atoms with Gasteiger partial charge in [0.1, 0.15) is 30.3 Å². The van der Waals surface area contributed by atoms with Crippen LogP contribution in [-0.2, 0) is 57.3 Å². The Hall–Kier alpha value is -4.52. The summed E-state index contributed by atoms with van der Waals surface area (Å²) in [6.07, 6.45) is -15.5. The lowest BCUT2D eigenvalue weighted by Crippen LogP contribution is -2.74. The second-order valence-corrected chi connectivity index (χ2v) is 11.9. The highest BCUT2D eigenvalue weighted by Gasteiger charge is 2.56. The van der Waals surface area contributed by atoms with Crippen molar-refractivity contribution in [1.82, 2.24) is 26.6 Å². The zero-order chi connectivity index (χ0) is 39.1. The molecule has 0 spiro atoms. The molecule has 5 amide bonds. The minimum atomic E-state index is -2.71. The highest BCUT2D eigenvalue weighted by Crippen LogP contribution is 2.31. The number of carbonyl (C=O) groups excluding carboxylic acids is 5. The van der Waals surface area contributed by atoms with Crippen LogP contribution in [0.5, 0.6) is 0 Å². The summed E-state index contributed by atoms with van der Waals surface area (Å²) >= 11 is 0. The molecule has 2 aliphatic rings. The normalized spacial score (nSPS) is 31.4. The van der Waals surface area contributed by atoms with Gasteiger partial charge in [-0.15, -0.1) is 0 Å². The second-order valence-electron chi connectivity index (χ2n) is 11.9. The lowest BCUT2D eigenvalue weighted by molar-refractivity contribution is -0.309. The molecular weight excluding hydrogens is 692 g/mol. The molecule has 23 nitrogen and oxygen atoms in total. The van der Waals surface area contributed by atoms with Gasteiger partial charge in [0.05, 0.1) is 30.3 Å². The zero-order valence-corrected chi connectivity index (χ0v) is 28.3. The van der Waals surface area contributed by atoms with Crippen LogP contribution in [0.1, 0.15) is 41.5 Å². The van der Waals surface area contributed by atoms with Gasteiger partial charge in [0.25, 0.3) is 0 Å². The molecule has 0 bridgehead atoms. The fourth-order valence-electron chi connectivity index (χ4n) is 5.63. The molecular formula is C28H44N6O17. The Labute approximate surface area is 289 Å². The summed E-state index contributed by atoms with van der Waals surface area (Å²) in [5.41, 5.74) is 5.99. The fraction of sp³-hybridized carbons (Fsp3) is 0.714. The van der Waals surface area contributed by atoms with Crippen molar-refractivity contribution in [2.45, 2.75) is 127 Å². The summed E-state index contributed by atoms with van der Waals surface area (Å²) in [4.78, 5) is 98.0. The number of aliphatic hydroxyl groups excluding tert-OH is 2. The van der Waals surface area contributed by atoms with Crippen LogP contribution in [0.2, 0.25) is 0 Å². The molecule has 2 aliphatic heterocycles. The highest BCUT2D eigenvalue weighted by molar-refractivity contribution is 5.84. The summed E-state index contributed by atoms with van der Waals surface area (Å²) < 4.78 is 23.1. The number of aliphatic carboxylic acids is 3. The number of ether oxygens (including phenoxy) is 4. The van der Waals surface area contributed by atoms with E-state index < -0.39 is 133 Å². The van der Waals surface area contributed by atoms with Crippen molar-refractivity contribution in [2.24, 2.45) is 5.73 Å². The molecule has 0 aromatic rings. The second kappa shape index (κ2) is 18.1. The van der Waals surface area contributed by atoms with Gasteiger partial charge >= 0.3 is 17.9 Å². The van der Waals surface area contributed by atoms with Crippen LogP contribution in [0.25, 0.3) is 0 Å². The van der Waals surface area contributed by atoms with Gasteiger partial charge in [-0.1, -0.05) is 0 Å². The molecule has 288 valence electrons. The number of aliphatic hydroxyl groups is 2. The molecule has 51 heavy (non-hydrogen) atoms. The smallest absolute Gasteiger partial charge is 0.335 e. The van der Waals surface area contributed by atoms with E-state index in [1.54, 1.807) is 0 Å². The van der Waals surface area contributed by atoms with Crippen LogP contribution < -0.4 is 32.3 Å². The third-order valence-corrected chi connectivity index (χ3v) is 7.77. The van der Waals surface area contributed by atoms with Crippen LogP contribution in [0.15, 0.2) is 0 Å². The summed E-state index contributed by atoms with van der Waals surface area (Å²) in [6.45, 7) is 6.32. The number of carbonyl (C=O) groups is 8. The van der Waals surface area contributed by atoms with Crippen molar-refractivity contribution < 1.29 is 82.8 Å². The first-order valence-corrected chi connectivity index (χ1v) is 15.3. The number of carboxylic acids is 3. The number of carboxylic acid groups (broad SMARTS) is 3. The number of hydrogen-bond donors (Lipinski definition) is 11. The minimum absolute atomic E-state index is 0.675. The summed E-state index contributed by atoms with van der Waals surface area (Å²) in [5, 5.41) is 62.7. The Morgan fingerprint density at radius 3 is 1.67 bits per heavy atom. The van der Waals surface area contributed by atoms with Gasteiger partial charge in [0.15, 0.2) is 24.8 Å². The summed E-state index contributed by atoms with van der Waals surface area (Å²) in [6, 6.07) is -10.2. The van der Waals surface area contributed by atoms with Gasteiger partial charge in [-0.3, -0.25) is 24.0 Å². The monoisotopic (exact) mass is 736 g/mol. The van der Waals surface area contributed by atoms with E-state index in [1.165, 1.54) is 6.92 Å². The van der Waals surface area contributed by atoms with Gasteiger partial charge in [0.2, 0.25) is 29.5 Å². The quantitative estimate of drug-likeness (QED) is 0.0745. The van der Waals surface area contributed by atoms with Crippen LogP contribution >= 0.6 is 0 Å². The maximum Gasteiger partial charge on any atom is 0.335 e. The Morgan fingerprint density at radius 2 is 1.22 bits per heavy atom.